The minimum atomic E-state index is -0.279. The smallest absolute Gasteiger partial charge is 0.150 e. The van der Waals surface area contributed by atoms with Crippen molar-refractivity contribution in [2.75, 3.05) is 0 Å². The maximum Gasteiger partial charge on any atom is 0.150 e. The molecule has 1 aromatic carbocycles. The maximum absolute atomic E-state index is 10.5. The molecular weight excluding hydrogens is 162 g/mol. The number of rotatable bonds is 2. The minimum absolute atomic E-state index is 0.279. The quantitative estimate of drug-likeness (QED) is 0.639. The predicted molar refractivity (Wildman–Crippen MR) is 48.4 cm³/mol. The Hall–Kier alpha value is -1.62. The SMILES string of the molecule is N#CC1(c2cccc(C=O)c2)CC1. The highest BCUT2D eigenvalue weighted by atomic mass is 16.1. The second kappa shape index (κ2) is 2.70. The fourth-order valence-electron chi connectivity index (χ4n) is 1.50. The first kappa shape index (κ1) is 8.00. The van der Waals surface area contributed by atoms with Crippen LogP contribution >= 0.6 is 0 Å². The summed E-state index contributed by atoms with van der Waals surface area (Å²) >= 11 is 0. The summed E-state index contributed by atoms with van der Waals surface area (Å²) in [5.41, 5.74) is 1.36. The number of aldehydes is 1. The van der Waals surface area contributed by atoms with Crippen LogP contribution in [0.3, 0.4) is 0 Å². The third-order valence-corrected chi connectivity index (χ3v) is 2.54. The van der Waals surface area contributed by atoms with Gasteiger partial charge < -0.3 is 0 Å². The van der Waals surface area contributed by atoms with E-state index in [2.05, 4.69) is 6.07 Å². The highest BCUT2D eigenvalue weighted by Crippen LogP contribution is 2.47. The van der Waals surface area contributed by atoms with Gasteiger partial charge in [-0.15, -0.1) is 0 Å². The average molecular weight is 171 g/mol. The van der Waals surface area contributed by atoms with Crippen LogP contribution in [0.15, 0.2) is 24.3 Å². The molecule has 0 heterocycles. The highest BCUT2D eigenvalue weighted by Gasteiger charge is 2.44. The topological polar surface area (TPSA) is 40.9 Å². The Bertz CT molecular complexity index is 385. The predicted octanol–water partition coefficient (Wildman–Crippen LogP) is 2.05. The summed E-state index contributed by atoms with van der Waals surface area (Å²) in [5.74, 6) is 0. The van der Waals surface area contributed by atoms with Gasteiger partial charge in [-0.3, -0.25) is 4.79 Å². The molecule has 1 aliphatic rings. The van der Waals surface area contributed by atoms with Crippen molar-refractivity contribution in [1.29, 1.82) is 5.26 Å². The van der Waals surface area contributed by atoms with Crippen LogP contribution in [0.5, 0.6) is 0 Å². The van der Waals surface area contributed by atoms with E-state index in [1.807, 2.05) is 18.2 Å². The van der Waals surface area contributed by atoms with Gasteiger partial charge in [0.15, 0.2) is 0 Å². The largest absolute Gasteiger partial charge is 0.298 e. The molecule has 2 rings (SSSR count). The molecule has 1 aliphatic carbocycles. The minimum Gasteiger partial charge on any atom is -0.298 e. The van der Waals surface area contributed by atoms with E-state index in [-0.39, 0.29) is 5.41 Å². The Morgan fingerprint density at radius 2 is 2.23 bits per heavy atom. The van der Waals surface area contributed by atoms with E-state index in [9.17, 15) is 4.79 Å². The Morgan fingerprint density at radius 3 is 2.77 bits per heavy atom. The van der Waals surface area contributed by atoms with Gasteiger partial charge in [0.25, 0.3) is 0 Å². The third kappa shape index (κ3) is 1.23. The van der Waals surface area contributed by atoms with Gasteiger partial charge >= 0.3 is 0 Å². The van der Waals surface area contributed by atoms with Crippen molar-refractivity contribution in [1.82, 2.24) is 0 Å². The molecule has 0 aromatic heterocycles. The molecule has 13 heavy (non-hydrogen) atoms. The zero-order valence-corrected chi connectivity index (χ0v) is 7.16. The van der Waals surface area contributed by atoms with Crippen molar-refractivity contribution in [3.8, 4) is 6.07 Å². The Labute approximate surface area is 76.8 Å². The van der Waals surface area contributed by atoms with Crippen LogP contribution in [0, 0.1) is 11.3 Å². The van der Waals surface area contributed by atoms with E-state index >= 15 is 0 Å². The first-order valence-electron chi connectivity index (χ1n) is 4.28. The van der Waals surface area contributed by atoms with E-state index in [1.165, 1.54) is 0 Å². The molecule has 0 amide bonds. The number of carbonyl (C=O) groups is 1. The van der Waals surface area contributed by atoms with Crippen molar-refractivity contribution in [2.45, 2.75) is 18.3 Å². The summed E-state index contributed by atoms with van der Waals surface area (Å²) < 4.78 is 0. The lowest BCUT2D eigenvalue weighted by Crippen LogP contribution is -2.02. The van der Waals surface area contributed by atoms with Crippen LogP contribution in [-0.2, 0) is 5.41 Å². The molecular formula is C11H9NO. The van der Waals surface area contributed by atoms with Gasteiger partial charge in [-0.1, -0.05) is 18.2 Å². The van der Waals surface area contributed by atoms with Gasteiger partial charge in [-0.05, 0) is 24.5 Å². The van der Waals surface area contributed by atoms with Crippen molar-refractivity contribution in [2.24, 2.45) is 0 Å². The highest BCUT2D eigenvalue weighted by molar-refractivity contribution is 5.75. The number of benzene rings is 1. The van der Waals surface area contributed by atoms with E-state index in [0.717, 1.165) is 24.7 Å². The molecule has 0 aliphatic heterocycles. The Balaban J connectivity index is 2.42. The molecule has 1 saturated carbocycles. The number of hydrogen-bond donors (Lipinski definition) is 0. The summed E-state index contributed by atoms with van der Waals surface area (Å²) in [4.78, 5) is 10.5. The van der Waals surface area contributed by atoms with E-state index < -0.39 is 0 Å². The fourth-order valence-corrected chi connectivity index (χ4v) is 1.50. The molecule has 2 heteroatoms. The first-order valence-corrected chi connectivity index (χ1v) is 4.28. The fraction of sp³-hybridized carbons (Fsp3) is 0.273. The summed E-state index contributed by atoms with van der Waals surface area (Å²) in [6.07, 6.45) is 2.66. The molecule has 1 aromatic rings. The maximum atomic E-state index is 10.5. The van der Waals surface area contributed by atoms with Crippen LogP contribution in [0.1, 0.15) is 28.8 Å². The summed E-state index contributed by atoms with van der Waals surface area (Å²) in [6, 6.07) is 9.62. The van der Waals surface area contributed by atoms with Crippen LogP contribution in [0.25, 0.3) is 0 Å². The number of hydrogen-bond acceptors (Lipinski definition) is 2. The lowest BCUT2D eigenvalue weighted by Gasteiger charge is -2.05. The van der Waals surface area contributed by atoms with Gasteiger partial charge in [0.1, 0.15) is 6.29 Å². The number of nitriles is 1. The first-order chi connectivity index (χ1) is 6.30. The van der Waals surface area contributed by atoms with Gasteiger partial charge in [-0.25, -0.2) is 0 Å². The molecule has 0 spiro atoms. The summed E-state index contributed by atoms with van der Waals surface area (Å²) in [7, 11) is 0. The van der Waals surface area contributed by atoms with Gasteiger partial charge in [-0.2, -0.15) is 5.26 Å². The van der Waals surface area contributed by atoms with Crippen LogP contribution < -0.4 is 0 Å². The van der Waals surface area contributed by atoms with Gasteiger partial charge in [0.05, 0.1) is 11.5 Å². The van der Waals surface area contributed by atoms with E-state index in [4.69, 9.17) is 5.26 Å². The normalized spacial score (nSPS) is 17.5. The molecule has 0 bridgehead atoms. The van der Waals surface area contributed by atoms with Crippen molar-refractivity contribution in [3.05, 3.63) is 35.4 Å². The Kier molecular flexibility index (Phi) is 1.66. The molecule has 2 nitrogen and oxygen atoms in total. The molecule has 1 fully saturated rings. The lowest BCUT2D eigenvalue weighted by atomic mass is 9.96. The third-order valence-electron chi connectivity index (χ3n) is 2.54. The van der Waals surface area contributed by atoms with Crippen molar-refractivity contribution >= 4 is 6.29 Å². The monoisotopic (exact) mass is 171 g/mol. The van der Waals surface area contributed by atoms with E-state index in [0.29, 0.717) is 5.56 Å². The molecule has 0 N–H and O–H groups in total. The molecule has 0 atom stereocenters. The second-order valence-corrected chi connectivity index (χ2v) is 3.44. The molecule has 0 radical (unpaired) electrons. The van der Waals surface area contributed by atoms with Crippen molar-refractivity contribution < 1.29 is 4.79 Å². The molecule has 0 saturated heterocycles. The average Bonchev–Trinajstić information content (AvgIpc) is 2.99. The zero-order valence-electron chi connectivity index (χ0n) is 7.16. The zero-order chi connectivity index (χ0) is 9.31. The van der Waals surface area contributed by atoms with Gasteiger partial charge in [0, 0.05) is 5.56 Å². The van der Waals surface area contributed by atoms with Crippen LogP contribution in [-0.4, -0.2) is 6.29 Å². The lowest BCUT2D eigenvalue weighted by molar-refractivity contribution is 0.112. The standard InChI is InChI=1S/C11H9NO/c12-8-11(4-5-11)10-3-1-2-9(6-10)7-13/h1-3,6-7H,4-5H2. The van der Waals surface area contributed by atoms with Crippen LogP contribution in [0.2, 0.25) is 0 Å². The van der Waals surface area contributed by atoms with Crippen molar-refractivity contribution in [3.63, 3.8) is 0 Å². The molecule has 0 unspecified atom stereocenters. The molecule has 64 valence electrons. The van der Waals surface area contributed by atoms with Crippen LogP contribution in [0.4, 0.5) is 0 Å². The van der Waals surface area contributed by atoms with Gasteiger partial charge in [0.2, 0.25) is 0 Å². The Morgan fingerprint density at radius 1 is 1.46 bits per heavy atom. The summed E-state index contributed by atoms with van der Waals surface area (Å²) in [5, 5.41) is 8.94. The number of carbonyl (C=O) groups excluding carboxylic acids is 1. The van der Waals surface area contributed by atoms with E-state index in [1.54, 1.807) is 6.07 Å². The number of nitrogens with zero attached hydrogens (tertiary/aromatic N) is 1. The second-order valence-electron chi connectivity index (χ2n) is 3.44. The summed E-state index contributed by atoms with van der Waals surface area (Å²) in [6.45, 7) is 0.